The molecule has 0 bridgehead atoms. The van der Waals surface area contributed by atoms with Crippen LogP contribution in [0.1, 0.15) is 24.0 Å². The van der Waals surface area contributed by atoms with Crippen LogP contribution in [-0.2, 0) is 9.59 Å². The number of carbonyl (C=O) groups excluding carboxylic acids is 2. The standard InChI is InChI=1S/C21H21N3O3S/c1-14-3-6-18(7-4-14)27-19-8-5-17(12-22-19)24-21(26)20(25)23-11-15(2)16-9-10-28-13-16/h3-10,12-13,15H,11H2,1-2H3,(H,23,25)(H,24,26)/t15-/m1/s1. The maximum Gasteiger partial charge on any atom is 0.313 e. The first-order valence-electron chi connectivity index (χ1n) is 8.83. The first-order chi connectivity index (χ1) is 13.5. The van der Waals surface area contributed by atoms with Crippen molar-refractivity contribution in [2.45, 2.75) is 19.8 Å². The van der Waals surface area contributed by atoms with E-state index < -0.39 is 11.8 Å². The van der Waals surface area contributed by atoms with Gasteiger partial charge in [-0.1, -0.05) is 24.6 Å². The molecule has 28 heavy (non-hydrogen) atoms. The van der Waals surface area contributed by atoms with Gasteiger partial charge in [0, 0.05) is 12.6 Å². The summed E-state index contributed by atoms with van der Waals surface area (Å²) in [7, 11) is 0. The van der Waals surface area contributed by atoms with Crippen LogP contribution in [0.25, 0.3) is 0 Å². The summed E-state index contributed by atoms with van der Waals surface area (Å²) in [6, 6.07) is 12.9. The minimum absolute atomic E-state index is 0.142. The van der Waals surface area contributed by atoms with Crippen molar-refractivity contribution in [3.05, 3.63) is 70.5 Å². The molecule has 2 heterocycles. The van der Waals surface area contributed by atoms with Crippen molar-refractivity contribution in [1.82, 2.24) is 10.3 Å². The van der Waals surface area contributed by atoms with Crippen molar-refractivity contribution in [1.29, 1.82) is 0 Å². The number of aryl methyl sites for hydroxylation is 1. The van der Waals surface area contributed by atoms with E-state index in [4.69, 9.17) is 4.74 Å². The second kappa shape index (κ2) is 9.14. The number of rotatable bonds is 6. The number of benzene rings is 1. The van der Waals surface area contributed by atoms with Gasteiger partial charge in [-0.25, -0.2) is 4.98 Å². The van der Waals surface area contributed by atoms with Gasteiger partial charge in [-0.15, -0.1) is 0 Å². The van der Waals surface area contributed by atoms with Crippen molar-refractivity contribution in [3.8, 4) is 11.6 Å². The van der Waals surface area contributed by atoms with Gasteiger partial charge < -0.3 is 15.4 Å². The van der Waals surface area contributed by atoms with Crippen LogP contribution in [-0.4, -0.2) is 23.3 Å². The second-order valence-corrected chi connectivity index (χ2v) is 7.20. The van der Waals surface area contributed by atoms with Crippen molar-refractivity contribution in [3.63, 3.8) is 0 Å². The van der Waals surface area contributed by atoms with E-state index in [1.165, 1.54) is 6.20 Å². The number of anilines is 1. The molecule has 0 saturated heterocycles. The Hall–Kier alpha value is -3.19. The van der Waals surface area contributed by atoms with Gasteiger partial charge in [0.2, 0.25) is 5.88 Å². The normalized spacial score (nSPS) is 11.5. The van der Waals surface area contributed by atoms with E-state index in [9.17, 15) is 9.59 Å². The summed E-state index contributed by atoms with van der Waals surface area (Å²) in [6.07, 6.45) is 1.45. The first kappa shape index (κ1) is 19.6. The Morgan fingerprint density at radius 1 is 1.11 bits per heavy atom. The summed E-state index contributed by atoms with van der Waals surface area (Å²) in [6.45, 7) is 4.39. The highest BCUT2D eigenvalue weighted by atomic mass is 32.1. The van der Waals surface area contributed by atoms with Crippen LogP contribution in [0.3, 0.4) is 0 Å². The molecule has 0 aliphatic carbocycles. The molecule has 0 radical (unpaired) electrons. The van der Waals surface area contributed by atoms with Gasteiger partial charge >= 0.3 is 11.8 Å². The fourth-order valence-corrected chi connectivity index (χ4v) is 3.21. The molecule has 144 valence electrons. The van der Waals surface area contributed by atoms with Crippen molar-refractivity contribution >= 4 is 28.8 Å². The lowest BCUT2D eigenvalue weighted by Crippen LogP contribution is -2.37. The largest absolute Gasteiger partial charge is 0.439 e. The molecule has 0 aliphatic rings. The van der Waals surface area contributed by atoms with Crippen LogP contribution in [0, 0.1) is 6.92 Å². The van der Waals surface area contributed by atoms with E-state index in [0.29, 0.717) is 23.9 Å². The maximum absolute atomic E-state index is 12.0. The molecule has 0 unspecified atom stereocenters. The minimum Gasteiger partial charge on any atom is -0.439 e. The SMILES string of the molecule is Cc1ccc(Oc2ccc(NC(=O)C(=O)NC[C@@H](C)c3ccsc3)cn2)cc1. The minimum atomic E-state index is -0.730. The smallest absolute Gasteiger partial charge is 0.313 e. The van der Waals surface area contributed by atoms with Crippen LogP contribution in [0.2, 0.25) is 0 Å². The van der Waals surface area contributed by atoms with Crippen LogP contribution in [0.4, 0.5) is 5.69 Å². The Balaban J connectivity index is 1.49. The number of hydrogen-bond acceptors (Lipinski definition) is 5. The number of pyridine rings is 1. The first-order valence-corrected chi connectivity index (χ1v) is 9.77. The molecule has 0 saturated carbocycles. The zero-order valence-electron chi connectivity index (χ0n) is 15.6. The number of thiophene rings is 1. The Labute approximate surface area is 167 Å². The predicted molar refractivity (Wildman–Crippen MR) is 110 cm³/mol. The molecular formula is C21H21N3O3S. The fraction of sp³-hybridized carbons (Fsp3) is 0.190. The summed E-state index contributed by atoms with van der Waals surface area (Å²) in [4.78, 5) is 28.2. The van der Waals surface area contributed by atoms with Gasteiger partial charge in [-0.2, -0.15) is 11.3 Å². The molecule has 2 aromatic heterocycles. The van der Waals surface area contributed by atoms with Gasteiger partial charge in [0.25, 0.3) is 0 Å². The number of nitrogens with zero attached hydrogens (tertiary/aromatic N) is 1. The van der Waals surface area contributed by atoms with E-state index in [1.807, 2.05) is 54.9 Å². The quantitative estimate of drug-likeness (QED) is 0.616. The summed E-state index contributed by atoms with van der Waals surface area (Å²) < 4.78 is 5.64. The lowest BCUT2D eigenvalue weighted by atomic mass is 10.1. The average molecular weight is 395 g/mol. The Morgan fingerprint density at radius 3 is 2.54 bits per heavy atom. The molecule has 2 N–H and O–H groups in total. The zero-order valence-corrected chi connectivity index (χ0v) is 16.5. The Bertz CT molecular complexity index is 923. The molecule has 3 aromatic rings. The van der Waals surface area contributed by atoms with E-state index >= 15 is 0 Å². The molecule has 0 aliphatic heterocycles. The van der Waals surface area contributed by atoms with Crippen LogP contribution >= 0.6 is 11.3 Å². The third-order valence-electron chi connectivity index (χ3n) is 4.12. The molecule has 7 heteroatoms. The maximum atomic E-state index is 12.0. The second-order valence-electron chi connectivity index (χ2n) is 6.42. The lowest BCUT2D eigenvalue weighted by molar-refractivity contribution is -0.136. The molecule has 1 aromatic carbocycles. The average Bonchev–Trinajstić information content (AvgIpc) is 3.24. The predicted octanol–water partition coefficient (Wildman–Crippen LogP) is 4.10. The highest BCUT2D eigenvalue weighted by molar-refractivity contribution is 7.08. The number of carbonyl (C=O) groups is 2. The lowest BCUT2D eigenvalue weighted by Gasteiger charge is -2.11. The topological polar surface area (TPSA) is 80.3 Å². The summed E-state index contributed by atoms with van der Waals surface area (Å²) in [5.41, 5.74) is 2.70. The number of hydrogen-bond donors (Lipinski definition) is 2. The van der Waals surface area contributed by atoms with E-state index in [1.54, 1.807) is 23.5 Å². The highest BCUT2D eigenvalue weighted by Gasteiger charge is 2.15. The number of amides is 2. The van der Waals surface area contributed by atoms with Crippen LogP contribution in [0.15, 0.2) is 59.4 Å². The van der Waals surface area contributed by atoms with Crippen molar-refractivity contribution in [2.75, 3.05) is 11.9 Å². The molecule has 1 atom stereocenters. The van der Waals surface area contributed by atoms with Crippen molar-refractivity contribution in [2.24, 2.45) is 0 Å². The number of aromatic nitrogens is 1. The summed E-state index contributed by atoms with van der Waals surface area (Å²) >= 11 is 1.60. The Morgan fingerprint density at radius 2 is 1.89 bits per heavy atom. The van der Waals surface area contributed by atoms with Crippen LogP contribution < -0.4 is 15.4 Å². The van der Waals surface area contributed by atoms with Gasteiger partial charge in [0.05, 0.1) is 11.9 Å². The zero-order chi connectivity index (χ0) is 19.9. The highest BCUT2D eigenvalue weighted by Crippen LogP contribution is 2.21. The van der Waals surface area contributed by atoms with E-state index in [2.05, 4.69) is 15.6 Å². The van der Waals surface area contributed by atoms with E-state index in [-0.39, 0.29) is 5.92 Å². The molecular weight excluding hydrogens is 374 g/mol. The molecule has 2 amide bonds. The Kier molecular flexibility index (Phi) is 6.39. The molecule has 0 fully saturated rings. The summed E-state index contributed by atoms with van der Waals surface area (Å²) in [5.74, 6) is -0.193. The monoisotopic (exact) mass is 395 g/mol. The summed E-state index contributed by atoms with van der Waals surface area (Å²) in [5, 5.41) is 9.20. The molecule has 0 spiro atoms. The van der Waals surface area contributed by atoms with E-state index in [0.717, 1.165) is 11.1 Å². The van der Waals surface area contributed by atoms with Gasteiger partial charge in [-0.05, 0) is 53.4 Å². The third-order valence-corrected chi connectivity index (χ3v) is 4.83. The van der Waals surface area contributed by atoms with Gasteiger partial charge in [0.1, 0.15) is 5.75 Å². The fourth-order valence-electron chi connectivity index (χ4n) is 2.43. The molecule has 3 rings (SSSR count). The number of ether oxygens (including phenoxy) is 1. The third kappa shape index (κ3) is 5.40. The van der Waals surface area contributed by atoms with Gasteiger partial charge in [0.15, 0.2) is 0 Å². The molecule has 6 nitrogen and oxygen atoms in total. The van der Waals surface area contributed by atoms with Crippen LogP contribution in [0.5, 0.6) is 11.6 Å². The van der Waals surface area contributed by atoms with Crippen molar-refractivity contribution < 1.29 is 14.3 Å². The van der Waals surface area contributed by atoms with Gasteiger partial charge in [-0.3, -0.25) is 9.59 Å². The number of nitrogens with one attached hydrogen (secondary N) is 2.